The lowest BCUT2D eigenvalue weighted by atomic mass is 10.1. The summed E-state index contributed by atoms with van der Waals surface area (Å²) in [7, 11) is 1.54. The molecular weight excluding hydrogens is 194 g/mol. The van der Waals surface area contributed by atoms with E-state index in [0.717, 1.165) is 0 Å². The molecule has 0 unspecified atom stereocenters. The van der Waals surface area contributed by atoms with Crippen LogP contribution in [0.1, 0.15) is 11.1 Å². The zero-order chi connectivity index (χ0) is 11.4. The van der Waals surface area contributed by atoms with E-state index >= 15 is 0 Å². The highest BCUT2D eigenvalue weighted by Gasteiger charge is 2.04. The molecule has 0 fully saturated rings. The predicted octanol–water partition coefficient (Wildman–Crippen LogP) is 1.21. The van der Waals surface area contributed by atoms with Crippen LogP contribution in [0.4, 0.5) is 0 Å². The molecule has 1 amide bonds. The van der Waals surface area contributed by atoms with E-state index in [1.54, 1.807) is 19.1 Å². The summed E-state index contributed by atoms with van der Waals surface area (Å²) in [6.45, 7) is 1.75. The van der Waals surface area contributed by atoms with Crippen LogP contribution in [0, 0.1) is 6.92 Å². The number of carbonyl (C=O) groups is 1. The van der Waals surface area contributed by atoms with Crippen LogP contribution in [0.3, 0.4) is 0 Å². The SMILES string of the molecule is COc1cc(C)c(O)c(/C=C/C(N)=O)c1. The van der Waals surface area contributed by atoms with E-state index in [4.69, 9.17) is 10.5 Å². The molecule has 0 heterocycles. The van der Waals surface area contributed by atoms with Crippen molar-refractivity contribution in [3.63, 3.8) is 0 Å². The topological polar surface area (TPSA) is 72.6 Å². The van der Waals surface area contributed by atoms with Gasteiger partial charge in [0.2, 0.25) is 5.91 Å². The summed E-state index contributed by atoms with van der Waals surface area (Å²) < 4.78 is 5.04. The second kappa shape index (κ2) is 4.50. The van der Waals surface area contributed by atoms with Gasteiger partial charge in [-0.2, -0.15) is 0 Å². The lowest BCUT2D eigenvalue weighted by Gasteiger charge is -2.06. The van der Waals surface area contributed by atoms with Gasteiger partial charge in [0.1, 0.15) is 11.5 Å². The summed E-state index contributed by atoms with van der Waals surface area (Å²) in [4.78, 5) is 10.5. The fourth-order valence-electron chi connectivity index (χ4n) is 1.19. The molecule has 0 saturated heterocycles. The van der Waals surface area contributed by atoms with Crippen LogP contribution in [0.15, 0.2) is 18.2 Å². The molecule has 0 atom stereocenters. The first kappa shape index (κ1) is 11.1. The zero-order valence-electron chi connectivity index (χ0n) is 8.65. The fraction of sp³-hybridized carbons (Fsp3) is 0.182. The van der Waals surface area contributed by atoms with E-state index in [2.05, 4.69) is 0 Å². The Hall–Kier alpha value is -1.97. The first-order chi connectivity index (χ1) is 7.04. The number of amides is 1. The second-order valence-electron chi connectivity index (χ2n) is 3.12. The zero-order valence-corrected chi connectivity index (χ0v) is 8.65. The van der Waals surface area contributed by atoms with E-state index in [1.807, 2.05) is 0 Å². The molecule has 1 aromatic carbocycles. The number of carbonyl (C=O) groups excluding carboxylic acids is 1. The van der Waals surface area contributed by atoms with Crippen molar-refractivity contribution in [1.29, 1.82) is 0 Å². The lowest BCUT2D eigenvalue weighted by Crippen LogP contribution is -2.05. The van der Waals surface area contributed by atoms with E-state index in [0.29, 0.717) is 16.9 Å². The van der Waals surface area contributed by atoms with Crippen LogP contribution in [-0.4, -0.2) is 18.1 Å². The molecule has 0 aliphatic rings. The van der Waals surface area contributed by atoms with Gasteiger partial charge < -0.3 is 15.6 Å². The van der Waals surface area contributed by atoms with Crippen molar-refractivity contribution in [3.05, 3.63) is 29.3 Å². The molecule has 1 aromatic rings. The number of ether oxygens (including phenoxy) is 1. The molecule has 0 spiro atoms. The average molecular weight is 207 g/mol. The molecule has 0 aliphatic heterocycles. The van der Waals surface area contributed by atoms with Crippen molar-refractivity contribution in [2.75, 3.05) is 7.11 Å². The maximum Gasteiger partial charge on any atom is 0.241 e. The molecule has 0 radical (unpaired) electrons. The summed E-state index contributed by atoms with van der Waals surface area (Å²) in [6, 6.07) is 3.33. The molecule has 4 heteroatoms. The van der Waals surface area contributed by atoms with Crippen LogP contribution in [-0.2, 0) is 4.79 Å². The molecule has 0 bridgehead atoms. The first-order valence-electron chi connectivity index (χ1n) is 4.39. The van der Waals surface area contributed by atoms with Crippen LogP contribution in [0.25, 0.3) is 6.08 Å². The molecule has 4 nitrogen and oxygen atoms in total. The van der Waals surface area contributed by atoms with Gasteiger partial charge in [0.05, 0.1) is 7.11 Å². The Labute approximate surface area is 88.0 Å². The first-order valence-corrected chi connectivity index (χ1v) is 4.39. The van der Waals surface area contributed by atoms with E-state index < -0.39 is 5.91 Å². The summed E-state index contributed by atoms with van der Waals surface area (Å²) >= 11 is 0. The minimum absolute atomic E-state index is 0.119. The number of phenolic OH excluding ortho intramolecular Hbond substituents is 1. The van der Waals surface area contributed by atoms with Crippen LogP contribution >= 0.6 is 0 Å². The number of nitrogens with two attached hydrogens (primary N) is 1. The van der Waals surface area contributed by atoms with E-state index in [-0.39, 0.29) is 5.75 Å². The van der Waals surface area contributed by atoms with Gasteiger partial charge in [-0.15, -0.1) is 0 Å². The Morgan fingerprint density at radius 1 is 1.53 bits per heavy atom. The van der Waals surface area contributed by atoms with Gasteiger partial charge in [0.25, 0.3) is 0 Å². The summed E-state index contributed by atoms with van der Waals surface area (Å²) in [6.07, 6.45) is 2.64. The van der Waals surface area contributed by atoms with E-state index in [9.17, 15) is 9.90 Å². The van der Waals surface area contributed by atoms with Crippen molar-refractivity contribution in [2.45, 2.75) is 6.92 Å². The monoisotopic (exact) mass is 207 g/mol. The van der Waals surface area contributed by atoms with Gasteiger partial charge in [-0.3, -0.25) is 4.79 Å². The quantitative estimate of drug-likeness (QED) is 0.731. The van der Waals surface area contributed by atoms with Crippen LogP contribution < -0.4 is 10.5 Å². The Morgan fingerprint density at radius 2 is 2.20 bits per heavy atom. The number of hydrogen-bond acceptors (Lipinski definition) is 3. The maximum absolute atomic E-state index is 10.5. The standard InChI is InChI=1S/C11H13NO3/c1-7-5-9(15-2)6-8(11(7)14)3-4-10(12)13/h3-6,14H,1-2H3,(H2,12,13)/b4-3+. The van der Waals surface area contributed by atoms with Crippen molar-refractivity contribution < 1.29 is 14.6 Å². The predicted molar refractivity (Wildman–Crippen MR) is 57.6 cm³/mol. The molecule has 0 aliphatic carbocycles. The van der Waals surface area contributed by atoms with Gasteiger partial charge in [0.15, 0.2) is 0 Å². The normalized spacial score (nSPS) is 10.5. The number of rotatable bonds is 3. The Morgan fingerprint density at radius 3 is 2.73 bits per heavy atom. The smallest absolute Gasteiger partial charge is 0.241 e. The number of hydrogen-bond donors (Lipinski definition) is 2. The molecule has 1 rings (SSSR count). The minimum atomic E-state index is -0.560. The maximum atomic E-state index is 10.5. The van der Waals surface area contributed by atoms with Crippen molar-refractivity contribution in [2.24, 2.45) is 5.73 Å². The largest absolute Gasteiger partial charge is 0.507 e. The Balaban J connectivity index is 3.16. The molecule has 80 valence electrons. The van der Waals surface area contributed by atoms with Gasteiger partial charge in [0, 0.05) is 11.6 Å². The summed E-state index contributed by atoms with van der Waals surface area (Å²) in [5.74, 6) is 0.178. The molecule has 0 saturated carbocycles. The minimum Gasteiger partial charge on any atom is -0.507 e. The van der Waals surface area contributed by atoms with Gasteiger partial charge in [-0.1, -0.05) is 0 Å². The van der Waals surface area contributed by atoms with Crippen molar-refractivity contribution >= 4 is 12.0 Å². The number of aromatic hydroxyl groups is 1. The third kappa shape index (κ3) is 2.74. The highest BCUT2D eigenvalue weighted by atomic mass is 16.5. The Bertz CT molecular complexity index is 411. The highest BCUT2D eigenvalue weighted by molar-refractivity contribution is 5.90. The van der Waals surface area contributed by atoms with Crippen LogP contribution in [0.5, 0.6) is 11.5 Å². The highest BCUT2D eigenvalue weighted by Crippen LogP contribution is 2.28. The lowest BCUT2D eigenvalue weighted by molar-refractivity contribution is -0.113. The molecular formula is C11H13NO3. The third-order valence-electron chi connectivity index (χ3n) is 1.97. The number of methoxy groups -OCH3 is 1. The summed E-state index contributed by atoms with van der Waals surface area (Å²) in [5, 5.41) is 9.67. The molecule has 3 N–H and O–H groups in total. The molecule has 0 aromatic heterocycles. The Kier molecular flexibility index (Phi) is 3.33. The van der Waals surface area contributed by atoms with Gasteiger partial charge in [-0.05, 0) is 30.7 Å². The summed E-state index contributed by atoms with van der Waals surface area (Å²) in [5.41, 5.74) is 6.14. The van der Waals surface area contributed by atoms with E-state index in [1.165, 1.54) is 19.3 Å². The van der Waals surface area contributed by atoms with Gasteiger partial charge in [-0.25, -0.2) is 0 Å². The number of aryl methyl sites for hydroxylation is 1. The van der Waals surface area contributed by atoms with Crippen LogP contribution in [0.2, 0.25) is 0 Å². The molecule has 15 heavy (non-hydrogen) atoms. The fourth-order valence-corrected chi connectivity index (χ4v) is 1.19. The third-order valence-corrected chi connectivity index (χ3v) is 1.97. The number of primary amides is 1. The number of benzene rings is 1. The second-order valence-corrected chi connectivity index (χ2v) is 3.12. The average Bonchev–Trinajstić information content (AvgIpc) is 2.19. The van der Waals surface area contributed by atoms with Crippen molar-refractivity contribution in [3.8, 4) is 11.5 Å². The van der Waals surface area contributed by atoms with Gasteiger partial charge >= 0.3 is 0 Å². The van der Waals surface area contributed by atoms with Crippen molar-refractivity contribution in [1.82, 2.24) is 0 Å². The number of phenols is 1.